The van der Waals surface area contributed by atoms with Crippen LogP contribution in [0.2, 0.25) is 0 Å². The van der Waals surface area contributed by atoms with E-state index >= 15 is 0 Å². The first-order valence-corrected chi connectivity index (χ1v) is 7.48. The Morgan fingerprint density at radius 3 is 2.74 bits per heavy atom. The minimum Gasteiger partial charge on any atom is -0.399 e. The van der Waals surface area contributed by atoms with Gasteiger partial charge < -0.3 is 5.73 Å². The van der Waals surface area contributed by atoms with Crippen LogP contribution in [0.1, 0.15) is 11.1 Å². The molecular weight excluding hydrogens is 286 g/mol. The van der Waals surface area contributed by atoms with Gasteiger partial charge in [-0.3, -0.25) is 9.67 Å². The summed E-state index contributed by atoms with van der Waals surface area (Å²) in [5, 5.41) is 0. The topological polar surface area (TPSA) is 61.1 Å². The third-order valence-electron chi connectivity index (χ3n) is 4.21. The summed E-state index contributed by atoms with van der Waals surface area (Å²) >= 11 is 0. The molecule has 5 nitrogen and oxygen atoms in total. The molecule has 0 saturated carbocycles. The van der Waals surface area contributed by atoms with Crippen LogP contribution in [-0.4, -0.2) is 19.2 Å². The number of nitrogens with two attached hydrogens (primary N) is 1. The minimum absolute atomic E-state index is 0.757. The van der Waals surface area contributed by atoms with E-state index in [0.29, 0.717) is 0 Å². The zero-order valence-corrected chi connectivity index (χ0v) is 13.1. The lowest BCUT2D eigenvalue weighted by molar-refractivity contribution is 0.804. The van der Waals surface area contributed by atoms with Crippen LogP contribution in [0.15, 0.2) is 55.1 Å². The minimum atomic E-state index is 0.757. The van der Waals surface area contributed by atoms with Crippen molar-refractivity contribution in [1.82, 2.24) is 19.2 Å². The molecule has 0 amide bonds. The van der Waals surface area contributed by atoms with Crippen LogP contribution >= 0.6 is 0 Å². The lowest BCUT2D eigenvalue weighted by Gasteiger charge is -2.14. The van der Waals surface area contributed by atoms with Crippen molar-refractivity contribution < 1.29 is 0 Å². The van der Waals surface area contributed by atoms with Gasteiger partial charge in [-0.05, 0) is 49.2 Å². The van der Waals surface area contributed by atoms with E-state index < -0.39 is 0 Å². The largest absolute Gasteiger partial charge is 0.399 e. The van der Waals surface area contributed by atoms with Gasteiger partial charge in [0.2, 0.25) is 0 Å². The third-order valence-corrected chi connectivity index (χ3v) is 4.21. The second-order valence-electron chi connectivity index (χ2n) is 5.70. The summed E-state index contributed by atoms with van der Waals surface area (Å²) in [6.45, 7) is 4.18. The van der Waals surface area contributed by atoms with Crippen molar-refractivity contribution in [2.45, 2.75) is 13.8 Å². The highest BCUT2D eigenvalue weighted by molar-refractivity contribution is 5.64. The quantitative estimate of drug-likeness (QED) is 0.577. The molecular formula is C18H17N5. The zero-order valence-electron chi connectivity index (χ0n) is 13.1. The second kappa shape index (κ2) is 4.98. The van der Waals surface area contributed by atoms with Crippen molar-refractivity contribution in [3.05, 3.63) is 66.2 Å². The molecule has 114 valence electrons. The SMILES string of the molecule is Cc1cc(N)cc(-n2ccc3ncc(-c4cccnc4)n32)c1C. The van der Waals surface area contributed by atoms with E-state index in [1.165, 1.54) is 11.1 Å². The monoisotopic (exact) mass is 303 g/mol. The zero-order chi connectivity index (χ0) is 16.0. The first-order valence-electron chi connectivity index (χ1n) is 7.48. The van der Waals surface area contributed by atoms with Gasteiger partial charge in [0, 0.05) is 35.9 Å². The lowest BCUT2D eigenvalue weighted by Crippen LogP contribution is -2.06. The first kappa shape index (κ1) is 13.6. The van der Waals surface area contributed by atoms with Crippen molar-refractivity contribution >= 4 is 11.3 Å². The highest BCUT2D eigenvalue weighted by Crippen LogP contribution is 2.26. The van der Waals surface area contributed by atoms with Gasteiger partial charge in [-0.15, -0.1) is 0 Å². The fraction of sp³-hybridized carbons (Fsp3) is 0.111. The molecule has 0 atom stereocenters. The van der Waals surface area contributed by atoms with Crippen LogP contribution in [0, 0.1) is 13.8 Å². The Morgan fingerprint density at radius 2 is 1.96 bits per heavy atom. The molecule has 0 aliphatic rings. The van der Waals surface area contributed by atoms with E-state index in [1.54, 1.807) is 6.20 Å². The maximum Gasteiger partial charge on any atom is 0.154 e. The highest BCUT2D eigenvalue weighted by atomic mass is 15.4. The molecule has 2 N–H and O–H groups in total. The Labute approximate surface area is 134 Å². The summed E-state index contributed by atoms with van der Waals surface area (Å²) < 4.78 is 4.17. The Morgan fingerprint density at radius 1 is 1.09 bits per heavy atom. The molecule has 3 heterocycles. The second-order valence-corrected chi connectivity index (χ2v) is 5.70. The molecule has 0 saturated heterocycles. The van der Waals surface area contributed by atoms with E-state index in [9.17, 15) is 0 Å². The number of hydrogen-bond donors (Lipinski definition) is 1. The Hall–Kier alpha value is -3.08. The maximum atomic E-state index is 6.05. The number of pyridine rings is 1. The van der Waals surface area contributed by atoms with Gasteiger partial charge in [0.05, 0.1) is 17.6 Å². The number of nitrogen functional groups attached to an aromatic ring is 1. The van der Waals surface area contributed by atoms with Gasteiger partial charge in [-0.1, -0.05) is 0 Å². The summed E-state index contributed by atoms with van der Waals surface area (Å²) in [7, 11) is 0. The molecule has 1 aromatic carbocycles. The van der Waals surface area contributed by atoms with Crippen LogP contribution in [0.3, 0.4) is 0 Å². The smallest absolute Gasteiger partial charge is 0.154 e. The first-order chi connectivity index (χ1) is 11.1. The molecule has 23 heavy (non-hydrogen) atoms. The van der Waals surface area contributed by atoms with E-state index in [-0.39, 0.29) is 0 Å². The molecule has 5 heteroatoms. The van der Waals surface area contributed by atoms with Gasteiger partial charge in [-0.2, -0.15) is 0 Å². The number of anilines is 1. The number of fused-ring (bicyclic) bond motifs is 1. The van der Waals surface area contributed by atoms with Gasteiger partial charge in [0.25, 0.3) is 0 Å². The van der Waals surface area contributed by atoms with Gasteiger partial charge in [-0.25, -0.2) is 9.50 Å². The van der Waals surface area contributed by atoms with E-state index in [2.05, 4.69) is 33.0 Å². The normalized spacial score (nSPS) is 11.2. The molecule has 0 unspecified atom stereocenters. The van der Waals surface area contributed by atoms with Crippen LogP contribution in [0.25, 0.3) is 22.6 Å². The number of aromatic nitrogens is 4. The fourth-order valence-corrected chi connectivity index (χ4v) is 2.91. The van der Waals surface area contributed by atoms with Gasteiger partial charge in [0.15, 0.2) is 5.65 Å². The third kappa shape index (κ3) is 2.09. The summed E-state index contributed by atoms with van der Waals surface area (Å²) in [6.07, 6.45) is 7.51. The summed E-state index contributed by atoms with van der Waals surface area (Å²) in [6, 6.07) is 9.95. The molecule has 4 aromatic rings. The van der Waals surface area contributed by atoms with Crippen LogP contribution < -0.4 is 5.73 Å². The van der Waals surface area contributed by atoms with Crippen LogP contribution in [0.4, 0.5) is 5.69 Å². The molecule has 0 fully saturated rings. The lowest BCUT2D eigenvalue weighted by atomic mass is 10.1. The fourth-order valence-electron chi connectivity index (χ4n) is 2.91. The summed E-state index contributed by atoms with van der Waals surface area (Å²) in [5.41, 5.74) is 13.2. The van der Waals surface area contributed by atoms with E-state index in [1.807, 2.05) is 48.9 Å². The molecule has 4 rings (SSSR count). The number of hydrogen-bond acceptors (Lipinski definition) is 3. The van der Waals surface area contributed by atoms with Crippen molar-refractivity contribution in [1.29, 1.82) is 0 Å². The van der Waals surface area contributed by atoms with E-state index in [0.717, 1.165) is 28.3 Å². The van der Waals surface area contributed by atoms with Crippen molar-refractivity contribution in [2.75, 3.05) is 5.73 Å². The molecule has 0 radical (unpaired) electrons. The van der Waals surface area contributed by atoms with Crippen molar-refractivity contribution in [2.24, 2.45) is 0 Å². The Balaban J connectivity index is 2.01. The molecule has 0 bridgehead atoms. The average Bonchev–Trinajstić information content (AvgIpc) is 3.13. The molecule has 0 aliphatic heterocycles. The summed E-state index contributed by atoms with van der Waals surface area (Å²) in [5.74, 6) is 0. The van der Waals surface area contributed by atoms with Crippen molar-refractivity contribution in [3.63, 3.8) is 0 Å². The van der Waals surface area contributed by atoms with Crippen molar-refractivity contribution in [3.8, 4) is 16.9 Å². The maximum absolute atomic E-state index is 6.05. The van der Waals surface area contributed by atoms with E-state index in [4.69, 9.17) is 5.73 Å². The van der Waals surface area contributed by atoms with Crippen LogP contribution in [-0.2, 0) is 0 Å². The number of aryl methyl sites for hydroxylation is 1. The molecule has 0 spiro atoms. The summed E-state index contributed by atoms with van der Waals surface area (Å²) in [4.78, 5) is 8.71. The van der Waals surface area contributed by atoms with Gasteiger partial charge >= 0.3 is 0 Å². The number of nitrogens with zero attached hydrogens (tertiary/aromatic N) is 4. The predicted molar refractivity (Wildman–Crippen MR) is 91.6 cm³/mol. The number of imidazole rings is 1. The van der Waals surface area contributed by atoms with Gasteiger partial charge in [0.1, 0.15) is 0 Å². The average molecular weight is 303 g/mol. The molecule has 0 aliphatic carbocycles. The molecule has 3 aromatic heterocycles. The standard InChI is InChI=1S/C18H17N5/c1-12-8-15(19)9-16(13(12)2)22-7-5-18-21-11-17(23(18)22)14-4-3-6-20-10-14/h3-11H,19H2,1-2H3. The number of benzene rings is 1. The number of rotatable bonds is 2. The van der Waals surface area contributed by atoms with Crippen LogP contribution in [0.5, 0.6) is 0 Å². The Kier molecular flexibility index (Phi) is 2.94. The Bertz CT molecular complexity index is 995. The predicted octanol–water partition coefficient (Wildman–Crippen LogP) is 3.39. The highest BCUT2D eigenvalue weighted by Gasteiger charge is 2.13.